The van der Waals surface area contributed by atoms with Gasteiger partial charge in [-0.1, -0.05) is 12.1 Å². The summed E-state index contributed by atoms with van der Waals surface area (Å²) < 4.78 is 5.65. The minimum Gasteiger partial charge on any atom is -0.372 e. The van der Waals surface area contributed by atoms with Crippen molar-refractivity contribution in [1.29, 1.82) is 5.26 Å². The van der Waals surface area contributed by atoms with Crippen LogP contribution in [0.2, 0.25) is 0 Å². The van der Waals surface area contributed by atoms with E-state index < -0.39 is 0 Å². The normalized spacial score (nSPS) is 18.8. The van der Waals surface area contributed by atoms with E-state index >= 15 is 0 Å². The summed E-state index contributed by atoms with van der Waals surface area (Å²) in [5, 5.41) is 14.6. The summed E-state index contributed by atoms with van der Waals surface area (Å²) in [6.45, 7) is 4.90. The van der Waals surface area contributed by atoms with Crippen LogP contribution >= 0.6 is 0 Å². The standard InChI is InChI=1S/C21H22N4O3/c1-14-12-25(13-15(2)28-14)21(27)24-19-8-4-6-17(10-19)20(26)23-18-7-3-5-16(9-18)11-22/h3-10,14-15H,12-13H2,1-2H3,(H,23,26)(H,24,27). The highest BCUT2D eigenvalue weighted by atomic mass is 16.5. The lowest BCUT2D eigenvalue weighted by atomic mass is 10.1. The zero-order valence-corrected chi connectivity index (χ0v) is 15.8. The first-order valence-corrected chi connectivity index (χ1v) is 9.07. The zero-order chi connectivity index (χ0) is 20.1. The van der Waals surface area contributed by atoms with Gasteiger partial charge in [-0.05, 0) is 50.2 Å². The molecule has 2 aromatic carbocycles. The lowest BCUT2D eigenvalue weighted by Gasteiger charge is -2.35. The van der Waals surface area contributed by atoms with Gasteiger partial charge in [0, 0.05) is 30.0 Å². The molecule has 0 aliphatic carbocycles. The van der Waals surface area contributed by atoms with E-state index in [2.05, 4.69) is 10.6 Å². The summed E-state index contributed by atoms with van der Waals surface area (Å²) in [5.41, 5.74) is 1.95. The maximum atomic E-state index is 12.5. The number of benzene rings is 2. The van der Waals surface area contributed by atoms with Crippen LogP contribution < -0.4 is 10.6 Å². The molecule has 28 heavy (non-hydrogen) atoms. The van der Waals surface area contributed by atoms with Crippen LogP contribution in [0.3, 0.4) is 0 Å². The molecular weight excluding hydrogens is 356 g/mol. The van der Waals surface area contributed by atoms with Crippen molar-refractivity contribution in [3.05, 3.63) is 59.7 Å². The van der Waals surface area contributed by atoms with Crippen molar-refractivity contribution in [2.75, 3.05) is 23.7 Å². The van der Waals surface area contributed by atoms with Gasteiger partial charge in [-0.2, -0.15) is 5.26 Å². The molecule has 3 amide bonds. The van der Waals surface area contributed by atoms with Crippen LogP contribution in [0, 0.1) is 11.3 Å². The van der Waals surface area contributed by atoms with Crippen LogP contribution in [0.15, 0.2) is 48.5 Å². The Labute approximate surface area is 163 Å². The minimum atomic E-state index is -0.320. The van der Waals surface area contributed by atoms with Crippen LogP contribution in [0.5, 0.6) is 0 Å². The van der Waals surface area contributed by atoms with Crippen molar-refractivity contribution in [3.8, 4) is 6.07 Å². The first kappa shape index (κ1) is 19.4. The number of nitriles is 1. The van der Waals surface area contributed by atoms with Gasteiger partial charge in [0.1, 0.15) is 0 Å². The number of rotatable bonds is 3. The van der Waals surface area contributed by atoms with Crippen molar-refractivity contribution in [2.45, 2.75) is 26.1 Å². The molecule has 2 atom stereocenters. The number of anilines is 2. The Morgan fingerprint density at radius 2 is 1.68 bits per heavy atom. The van der Waals surface area contributed by atoms with Crippen molar-refractivity contribution in [2.24, 2.45) is 0 Å². The molecule has 2 unspecified atom stereocenters. The molecule has 2 N–H and O–H groups in total. The Morgan fingerprint density at radius 1 is 1.04 bits per heavy atom. The molecule has 0 bridgehead atoms. The number of morpholine rings is 1. The highest BCUT2D eigenvalue weighted by Crippen LogP contribution is 2.17. The first-order valence-electron chi connectivity index (χ1n) is 9.07. The number of carbonyl (C=O) groups is 2. The van der Waals surface area contributed by atoms with Gasteiger partial charge < -0.3 is 20.3 Å². The predicted molar refractivity (Wildman–Crippen MR) is 106 cm³/mol. The largest absolute Gasteiger partial charge is 0.372 e. The molecule has 7 nitrogen and oxygen atoms in total. The van der Waals surface area contributed by atoms with Crippen LogP contribution in [0.4, 0.5) is 16.2 Å². The van der Waals surface area contributed by atoms with Crippen molar-refractivity contribution < 1.29 is 14.3 Å². The smallest absolute Gasteiger partial charge is 0.322 e. The van der Waals surface area contributed by atoms with Gasteiger partial charge in [-0.15, -0.1) is 0 Å². The molecule has 0 aromatic heterocycles. The Kier molecular flexibility index (Phi) is 5.92. The fourth-order valence-electron chi connectivity index (χ4n) is 3.15. The lowest BCUT2D eigenvalue weighted by Crippen LogP contribution is -2.49. The van der Waals surface area contributed by atoms with Crippen molar-refractivity contribution >= 4 is 23.3 Å². The number of hydrogen-bond donors (Lipinski definition) is 2. The van der Waals surface area contributed by atoms with E-state index in [9.17, 15) is 9.59 Å². The quantitative estimate of drug-likeness (QED) is 0.855. The van der Waals surface area contributed by atoms with Gasteiger partial charge >= 0.3 is 6.03 Å². The van der Waals surface area contributed by atoms with Gasteiger partial charge in [0.2, 0.25) is 0 Å². The number of amides is 3. The molecule has 0 radical (unpaired) electrons. The third-order valence-corrected chi connectivity index (χ3v) is 4.33. The summed E-state index contributed by atoms with van der Waals surface area (Å²) in [6, 6.07) is 15.2. The molecule has 1 fully saturated rings. The monoisotopic (exact) mass is 378 g/mol. The Balaban J connectivity index is 1.67. The molecule has 7 heteroatoms. The molecule has 2 aromatic rings. The SMILES string of the molecule is CC1CN(C(=O)Nc2cccc(C(=O)Nc3cccc(C#N)c3)c2)CC(C)O1. The molecule has 1 heterocycles. The van der Waals surface area contributed by atoms with E-state index in [0.29, 0.717) is 35.6 Å². The maximum absolute atomic E-state index is 12.5. The van der Waals surface area contributed by atoms with Gasteiger partial charge in [0.25, 0.3) is 5.91 Å². The lowest BCUT2D eigenvalue weighted by molar-refractivity contribution is -0.0530. The predicted octanol–water partition coefficient (Wildman–Crippen LogP) is 3.45. The second-order valence-electron chi connectivity index (χ2n) is 6.82. The number of ether oxygens (including phenoxy) is 1. The average Bonchev–Trinajstić information content (AvgIpc) is 2.67. The Hall–Kier alpha value is -3.37. The van der Waals surface area contributed by atoms with Crippen LogP contribution in [-0.4, -0.2) is 42.1 Å². The number of nitrogens with zero attached hydrogens (tertiary/aromatic N) is 2. The molecule has 3 rings (SSSR count). The molecular formula is C21H22N4O3. The second kappa shape index (κ2) is 8.55. The van der Waals surface area contributed by atoms with Gasteiger partial charge in [0.15, 0.2) is 0 Å². The van der Waals surface area contributed by atoms with E-state index in [-0.39, 0.29) is 24.1 Å². The Bertz CT molecular complexity index is 912. The van der Waals surface area contributed by atoms with E-state index in [1.165, 1.54) is 0 Å². The van der Waals surface area contributed by atoms with Crippen LogP contribution in [0.1, 0.15) is 29.8 Å². The summed E-state index contributed by atoms with van der Waals surface area (Å²) >= 11 is 0. The average molecular weight is 378 g/mol. The topological polar surface area (TPSA) is 94.5 Å². The minimum absolute atomic E-state index is 0.0178. The van der Waals surface area contributed by atoms with Crippen molar-refractivity contribution in [3.63, 3.8) is 0 Å². The van der Waals surface area contributed by atoms with Crippen LogP contribution in [0.25, 0.3) is 0 Å². The number of urea groups is 1. The van der Waals surface area contributed by atoms with Gasteiger partial charge in [0.05, 0.1) is 23.8 Å². The number of nitrogens with one attached hydrogen (secondary N) is 2. The summed E-state index contributed by atoms with van der Waals surface area (Å²) in [7, 11) is 0. The summed E-state index contributed by atoms with van der Waals surface area (Å²) in [6.07, 6.45) is -0.0356. The number of hydrogen-bond acceptors (Lipinski definition) is 4. The van der Waals surface area contributed by atoms with Crippen molar-refractivity contribution in [1.82, 2.24) is 4.90 Å². The maximum Gasteiger partial charge on any atom is 0.322 e. The van der Waals surface area contributed by atoms with Gasteiger partial charge in [-0.3, -0.25) is 4.79 Å². The molecule has 144 valence electrons. The molecule has 1 aliphatic rings. The van der Waals surface area contributed by atoms with E-state index in [4.69, 9.17) is 10.00 Å². The highest BCUT2D eigenvalue weighted by Gasteiger charge is 2.25. The van der Waals surface area contributed by atoms with Gasteiger partial charge in [-0.25, -0.2) is 4.79 Å². The van der Waals surface area contributed by atoms with Crippen LogP contribution in [-0.2, 0) is 4.74 Å². The van der Waals surface area contributed by atoms with E-state index in [1.807, 2.05) is 19.9 Å². The molecule has 0 saturated carbocycles. The first-order chi connectivity index (χ1) is 13.4. The molecule has 1 saturated heterocycles. The fourth-order valence-corrected chi connectivity index (χ4v) is 3.15. The van der Waals surface area contributed by atoms with E-state index in [0.717, 1.165) is 0 Å². The highest BCUT2D eigenvalue weighted by molar-refractivity contribution is 6.05. The fraction of sp³-hybridized carbons (Fsp3) is 0.286. The Morgan fingerprint density at radius 3 is 2.36 bits per heavy atom. The molecule has 1 aliphatic heterocycles. The summed E-state index contributed by atoms with van der Waals surface area (Å²) in [5.74, 6) is -0.320. The van der Waals surface area contributed by atoms with E-state index in [1.54, 1.807) is 53.4 Å². The third kappa shape index (κ3) is 4.87. The summed E-state index contributed by atoms with van der Waals surface area (Å²) in [4.78, 5) is 26.7. The number of carbonyl (C=O) groups excluding carboxylic acids is 2. The second-order valence-corrected chi connectivity index (χ2v) is 6.82. The zero-order valence-electron chi connectivity index (χ0n) is 15.8. The third-order valence-electron chi connectivity index (χ3n) is 4.33. The molecule has 0 spiro atoms.